The van der Waals surface area contributed by atoms with Gasteiger partial charge in [0.05, 0.1) is 0 Å². The number of carbonyl (C=O) groups is 1. The standard InChI is InChI=1S/C18H24N2O2S/c1-13(2)12-22-16-9-7-15(8-10-16)19-18(23)20-17(21)11-14-5-3-4-6-14/h7-10,14H,1,3-6,11-12H2,2H3,(H2,19,20,21,23). The maximum atomic E-state index is 11.9. The van der Waals surface area contributed by atoms with Crippen LogP contribution in [-0.2, 0) is 4.79 Å². The highest BCUT2D eigenvalue weighted by Gasteiger charge is 2.18. The van der Waals surface area contributed by atoms with Gasteiger partial charge in [0.15, 0.2) is 5.11 Å². The molecule has 1 fully saturated rings. The molecule has 1 amide bonds. The third kappa shape index (κ3) is 6.40. The number of amides is 1. The molecule has 1 aromatic carbocycles. The number of hydrogen-bond donors (Lipinski definition) is 2. The fourth-order valence-electron chi connectivity index (χ4n) is 2.66. The molecule has 1 aliphatic carbocycles. The molecule has 0 atom stereocenters. The van der Waals surface area contributed by atoms with E-state index in [-0.39, 0.29) is 5.91 Å². The Morgan fingerprint density at radius 2 is 1.96 bits per heavy atom. The second kappa shape index (κ2) is 8.67. The molecule has 0 aromatic heterocycles. The molecular weight excluding hydrogens is 308 g/mol. The lowest BCUT2D eigenvalue weighted by Crippen LogP contribution is -2.34. The summed E-state index contributed by atoms with van der Waals surface area (Å²) in [5, 5.41) is 6.10. The zero-order chi connectivity index (χ0) is 16.7. The quantitative estimate of drug-likeness (QED) is 0.610. The molecule has 5 heteroatoms. The number of thiocarbonyl (C=S) groups is 1. The lowest BCUT2D eigenvalue weighted by molar-refractivity contribution is -0.120. The molecular formula is C18H24N2O2S. The minimum atomic E-state index is -0.00388. The number of ether oxygens (including phenoxy) is 1. The molecule has 0 spiro atoms. The van der Waals surface area contributed by atoms with Crippen molar-refractivity contribution in [2.75, 3.05) is 11.9 Å². The van der Waals surface area contributed by atoms with Crippen LogP contribution in [0.5, 0.6) is 5.75 Å². The van der Waals surface area contributed by atoms with E-state index in [4.69, 9.17) is 17.0 Å². The third-order valence-electron chi connectivity index (χ3n) is 3.80. The second-order valence-corrected chi connectivity index (χ2v) is 6.54. The first-order valence-corrected chi connectivity index (χ1v) is 8.42. The molecule has 23 heavy (non-hydrogen) atoms. The highest BCUT2D eigenvalue weighted by Crippen LogP contribution is 2.27. The van der Waals surface area contributed by atoms with Crippen LogP contribution in [0.3, 0.4) is 0 Å². The molecule has 0 radical (unpaired) electrons. The average molecular weight is 332 g/mol. The van der Waals surface area contributed by atoms with Gasteiger partial charge in [0.25, 0.3) is 0 Å². The molecule has 1 aromatic rings. The van der Waals surface area contributed by atoms with Crippen molar-refractivity contribution in [2.24, 2.45) is 5.92 Å². The van der Waals surface area contributed by atoms with E-state index < -0.39 is 0 Å². The number of benzene rings is 1. The molecule has 0 aliphatic heterocycles. The Morgan fingerprint density at radius 1 is 1.30 bits per heavy atom. The zero-order valence-corrected chi connectivity index (χ0v) is 14.4. The first-order chi connectivity index (χ1) is 11.0. The molecule has 0 heterocycles. The molecule has 1 saturated carbocycles. The highest BCUT2D eigenvalue weighted by atomic mass is 32.1. The van der Waals surface area contributed by atoms with E-state index in [0.717, 1.165) is 29.9 Å². The van der Waals surface area contributed by atoms with Crippen molar-refractivity contribution >= 4 is 28.9 Å². The minimum Gasteiger partial charge on any atom is -0.489 e. The Balaban J connectivity index is 1.75. The summed E-state index contributed by atoms with van der Waals surface area (Å²) in [6.07, 6.45) is 5.34. The fraction of sp³-hybridized carbons (Fsp3) is 0.444. The largest absolute Gasteiger partial charge is 0.489 e. The van der Waals surface area contributed by atoms with Crippen LogP contribution in [0.2, 0.25) is 0 Å². The van der Waals surface area contributed by atoms with Gasteiger partial charge in [0.2, 0.25) is 5.91 Å². The summed E-state index contributed by atoms with van der Waals surface area (Å²) in [6, 6.07) is 7.44. The monoisotopic (exact) mass is 332 g/mol. The second-order valence-electron chi connectivity index (χ2n) is 6.13. The Morgan fingerprint density at radius 3 is 2.57 bits per heavy atom. The van der Waals surface area contributed by atoms with E-state index in [1.807, 2.05) is 31.2 Å². The summed E-state index contributed by atoms with van der Waals surface area (Å²) in [5.74, 6) is 1.29. The van der Waals surface area contributed by atoms with Crippen LogP contribution in [0.4, 0.5) is 5.69 Å². The number of hydrogen-bond acceptors (Lipinski definition) is 3. The Hall–Kier alpha value is -1.88. The zero-order valence-electron chi connectivity index (χ0n) is 13.6. The summed E-state index contributed by atoms with van der Waals surface area (Å²) in [4.78, 5) is 11.9. The van der Waals surface area contributed by atoms with Gasteiger partial charge in [-0.15, -0.1) is 0 Å². The maximum Gasteiger partial charge on any atom is 0.226 e. The number of rotatable bonds is 6. The SMILES string of the molecule is C=C(C)COc1ccc(NC(=S)NC(=O)CC2CCCC2)cc1. The van der Waals surface area contributed by atoms with E-state index in [9.17, 15) is 4.79 Å². The Kier molecular flexibility index (Phi) is 6.59. The van der Waals surface area contributed by atoms with Crippen molar-refractivity contribution in [2.45, 2.75) is 39.0 Å². The van der Waals surface area contributed by atoms with Crippen molar-refractivity contribution in [3.63, 3.8) is 0 Å². The van der Waals surface area contributed by atoms with Gasteiger partial charge in [0, 0.05) is 12.1 Å². The van der Waals surface area contributed by atoms with E-state index in [0.29, 0.717) is 24.1 Å². The van der Waals surface area contributed by atoms with Crippen LogP contribution in [0.15, 0.2) is 36.4 Å². The lowest BCUT2D eigenvalue weighted by atomic mass is 10.0. The van der Waals surface area contributed by atoms with Gasteiger partial charge >= 0.3 is 0 Å². The molecule has 0 saturated heterocycles. The lowest BCUT2D eigenvalue weighted by Gasteiger charge is -2.12. The topological polar surface area (TPSA) is 50.4 Å². The van der Waals surface area contributed by atoms with Crippen LogP contribution in [0, 0.1) is 5.92 Å². The summed E-state index contributed by atoms with van der Waals surface area (Å²) in [7, 11) is 0. The van der Waals surface area contributed by atoms with Crippen molar-refractivity contribution < 1.29 is 9.53 Å². The predicted molar refractivity (Wildman–Crippen MR) is 97.7 cm³/mol. The van der Waals surface area contributed by atoms with Crippen LogP contribution >= 0.6 is 12.2 Å². The number of carbonyl (C=O) groups excluding carboxylic acids is 1. The Bertz CT molecular complexity index is 563. The first kappa shape index (κ1) is 17.5. The van der Waals surface area contributed by atoms with Crippen LogP contribution in [0.25, 0.3) is 0 Å². The molecule has 0 bridgehead atoms. The summed E-state index contributed by atoms with van der Waals surface area (Å²) < 4.78 is 5.54. The van der Waals surface area contributed by atoms with Gasteiger partial charge in [-0.3, -0.25) is 4.79 Å². The average Bonchev–Trinajstić information content (AvgIpc) is 2.99. The number of nitrogens with one attached hydrogen (secondary N) is 2. The van der Waals surface area contributed by atoms with Gasteiger partial charge in [-0.05, 0) is 67.7 Å². The van der Waals surface area contributed by atoms with Crippen molar-refractivity contribution in [3.05, 3.63) is 36.4 Å². The molecule has 1 aliphatic rings. The van der Waals surface area contributed by atoms with Gasteiger partial charge < -0.3 is 15.4 Å². The van der Waals surface area contributed by atoms with Crippen molar-refractivity contribution in [1.82, 2.24) is 5.32 Å². The number of anilines is 1. The normalized spacial score (nSPS) is 14.3. The highest BCUT2D eigenvalue weighted by molar-refractivity contribution is 7.80. The molecule has 124 valence electrons. The minimum absolute atomic E-state index is 0.00388. The van der Waals surface area contributed by atoms with E-state index in [1.54, 1.807) is 0 Å². The molecule has 4 nitrogen and oxygen atoms in total. The fourth-order valence-corrected chi connectivity index (χ4v) is 2.89. The summed E-state index contributed by atoms with van der Waals surface area (Å²) >= 11 is 5.19. The van der Waals surface area contributed by atoms with E-state index >= 15 is 0 Å². The predicted octanol–water partition coefficient (Wildman–Crippen LogP) is 4.03. The third-order valence-corrected chi connectivity index (χ3v) is 4.00. The molecule has 0 unspecified atom stereocenters. The van der Waals surface area contributed by atoms with Crippen LogP contribution in [0.1, 0.15) is 39.0 Å². The molecule has 2 N–H and O–H groups in total. The van der Waals surface area contributed by atoms with Gasteiger partial charge in [-0.25, -0.2) is 0 Å². The van der Waals surface area contributed by atoms with Crippen molar-refractivity contribution in [1.29, 1.82) is 0 Å². The van der Waals surface area contributed by atoms with E-state index in [1.165, 1.54) is 12.8 Å². The van der Waals surface area contributed by atoms with Gasteiger partial charge in [0.1, 0.15) is 12.4 Å². The smallest absolute Gasteiger partial charge is 0.226 e. The van der Waals surface area contributed by atoms with Crippen LogP contribution in [-0.4, -0.2) is 17.6 Å². The first-order valence-electron chi connectivity index (χ1n) is 8.01. The van der Waals surface area contributed by atoms with Crippen molar-refractivity contribution in [3.8, 4) is 5.75 Å². The molecule has 2 rings (SSSR count). The van der Waals surface area contributed by atoms with Crippen LogP contribution < -0.4 is 15.4 Å². The van der Waals surface area contributed by atoms with Gasteiger partial charge in [-0.2, -0.15) is 0 Å². The summed E-state index contributed by atoms with van der Waals surface area (Å²) in [5.41, 5.74) is 1.79. The van der Waals surface area contributed by atoms with E-state index in [2.05, 4.69) is 17.2 Å². The van der Waals surface area contributed by atoms with Gasteiger partial charge in [-0.1, -0.05) is 19.4 Å². The maximum absolute atomic E-state index is 11.9. The summed E-state index contributed by atoms with van der Waals surface area (Å²) in [6.45, 7) is 6.22. The Labute approximate surface area is 143 Å².